The van der Waals surface area contributed by atoms with E-state index in [1.165, 1.54) is 11.3 Å². The van der Waals surface area contributed by atoms with Gasteiger partial charge in [0, 0.05) is 10.9 Å². The van der Waals surface area contributed by atoms with Crippen LogP contribution in [0.5, 0.6) is 5.75 Å². The highest BCUT2D eigenvalue weighted by molar-refractivity contribution is 7.15. The van der Waals surface area contributed by atoms with Gasteiger partial charge >= 0.3 is 0 Å². The van der Waals surface area contributed by atoms with Crippen molar-refractivity contribution in [3.05, 3.63) is 29.1 Å². The second kappa shape index (κ2) is 4.55. The summed E-state index contributed by atoms with van der Waals surface area (Å²) in [5.41, 5.74) is 7.86. The Balaban J connectivity index is 2.03. The van der Waals surface area contributed by atoms with Crippen LogP contribution in [0, 0.1) is 6.92 Å². The van der Waals surface area contributed by atoms with Crippen molar-refractivity contribution in [3.8, 4) is 17.1 Å². The number of nitrogens with zero attached hydrogens (tertiary/aromatic N) is 3. The number of fused-ring (bicyclic) bond motifs is 1. The molecule has 2 N–H and O–H groups in total. The molecule has 19 heavy (non-hydrogen) atoms. The number of aromatic nitrogens is 3. The molecule has 0 saturated heterocycles. The molecule has 0 atom stereocenters. The molecule has 1 aromatic carbocycles. The Morgan fingerprint density at radius 3 is 2.95 bits per heavy atom. The summed E-state index contributed by atoms with van der Waals surface area (Å²) >= 11 is 1.48. The Bertz CT molecular complexity index is 731. The number of nitrogen functional groups attached to an aromatic ring is 1. The lowest BCUT2D eigenvalue weighted by atomic mass is 10.1. The fourth-order valence-electron chi connectivity index (χ4n) is 1.93. The second-order valence-electron chi connectivity index (χ2n) is 4.20. The van der Waals surface area contributed by atoms with E-state index < -0.39 is 0 Å². The van der Waals surface area contributed by atoms with E-state index in [9.17, 15) is 0 Å². The zero-order valence-electron chi connectivity index (χ0n) is 10.8. The van der Waals surface area contributed by atoms with Gasteiger partial charge in [-0.2, -0.15) is 9.50 Å². The molecule has 0 bridgehead atoms. The highest BCUT2D eigenvalue weighted by Gasteiger charge is 2.11. The molecule has 3 aromatic rings. The number of hydrogen-bond donors (Lipinski definition) is 1. The third-order valence-electron chi connectivity index (χ3n) is 2.84. The van der Waals surface area contributed by atoms with Crippen molar-refractivity contribution >= 4 is 22.1 Å². The van der Waals surface area contributed by atoms with Gasteiger partial charge in [-0.15, -0.1) is 16.4 Å². The molecule has 0 spiro atoms. The standard InChI is InChI=1S/C13H14N4OS/c1-3-18-10-5-4-9(6-8(10)2)12-15-13-17(16-12)11(14)7-19-13/h4-7H,3,14H2,1-2H3. The average molecular weight is 274 g/mol. The van der Waals surface area contributed by atoms with E-state index in [0.717, 1.165) is 21.8 Å². The van der Waals surface area contributed by atoms with Crippen molar-refractivity contribution < 1.29 is 4.74 Å². The molecule has 2 aromatic heterocycles. The maximum Gasteiger partial charge on any atom is 0.214 e. The van der Waals surface area contributed by atoms with E-state index in [0.29, 0.717) is 18.2 Å². The van der Waals surface area contributed by atoms with Crippen LogP contribution in [0.2, 0.25) is 0 Å². The first-order chi connectivity index (χ1) is 9.19. The number of anilines is 1. The summed E-state index contributed by atoms with van der Waals surface area (Å²) < 4.78 is 7.19. The van der Waals surface area contributed by atoms with Gasteiger partial charge < -0.3 is 10.5 Å². The third kappa shape index (κ3) is 2.04. The Hall–Kier alpha value is -2.08. The van der Waals surface area contributed by atoms with Crippen LogP contribution in [0.15, 0.2) is 23.6 Å². The molecule has 0 unspecified atom stereocenters. The molecule has 0 amide bonds. The maximum atomic E-state index is 5.81. The molecular formula is C13H14N4OS. The molecule has 0 aliphatic carbocycles. The van der Waals surface area contributed by atoms with Gasteiger partial charge in [0.2, 0.25) is 4.96 Å². The number of ether oxygens (including phenoxy) is 1. The molecule has 0 radical (unpaired) electrons. The van der Waals surface area contributed by atoms with Gasteiger partial charge in [-0.05, 0) is 37.6 Å². The van der Waals surface area contributed by atoms with Gasteiger partial charge in [0.05, 0.1) is 6.61 Å². The van der Waals surface area contributed by atoms with Gasteiger partial charge in [-0.25, -0.2) is 0 Å². The minimum atomic E-state index is 0.612. The monoisotopic (exact) mass is 274 g/mol. The van der Waals surface area contributed by atoms with Crippen LogP contribution >= 0.6 is 11.3 Å². The van der Waals surface area contributed by atoms with Crippen molar-refractivity contribution in [2.75, 3.05) is 12.3 Å². The fourth-order valence-corrected chi connectivity index (χ4v) is 2.64. The van der Waals surface area contributed by atoms with Crippen LogP contribution in [-0.4, -0.2) is 21.2 Å². The van der Waals surface area contributed by atoms with Gasteiger partial charge in [0.25, 0.3) is 0 Å². The van der Waals surface area contributed by atoms with Crippen LogP contribution in [0.4, 0.5) is 5.82 Å². The molecule has 5 nitrogen and oxygen atoms in total. The van der Waals surface area contributed by atoms with E-state index >= 15 is 0 Å². The SMILES string of the molecule is CCOc1ccc(-c2nc3scc(N)n3n2)cc1C. The average Bonchev–Trinajstić information content (AvgIpc) is 2.95. The summed E-state index contributed by atoms with van der Waals surface area (Å²) in [6, 6.07) is 5.95. The first-order valence-electron chi connectivity index (χ1n) is 6.02. The van der Waals surface area contributed by atoms with Crippen LogP contribution in [-0.2, 0) is 0 Å². The molecule has 2 heterocycles. The van der Waals surface area contributed by atoms with E-state index in [1.807, 2.05) is 37.4 Å². The molecular weight excluding hydrogens is 260 g/mol. The zero-order chi connectivity index (χ0) is 13.4. The smallest absolute Gasteiger partial charge is 0.214 e. The normalized spacial score (nSPS) is 11.1. The van der Waals surface area contributed by atoms with Gasteiger partial charge in [-0.1, -0.05) is 0 Å². The minimum Gasteiger partial charge on any atom is -0.494 e. The summed E-state index contributed by atoms with van der Waals surface area (Å²) in [5.74, 6) is 2.19. The predicted octanol–water partition coefficient (Wildman–Crippen LogP) is 2.75. The molecule has 98 valence electrons. The molecule has 0 aliphatic heterocycles. The number of rotatable bonds is 3. The molecule has 0 aliphatic rings. The highest BCUT2D eigenvalue weighted by atomic mass is 32.1. The Morgan fingerprint density at radius 1 is 1.42 bits per heavy atom. The lowest BCUT2D eigenvalue weighted by molar-refractivity contribution is 0.338. The predicted molar refractivity (Wildman–Crippen MR) is 76.6 cm³/mol. The minimum absolute atomic E-state index is 0.612. The lowest BCUT2D eigenvalue weighted by Crippen LogP contribution is -1.95. The maximum absolute atomic E-state index is 5.81. The van der Waals surface area contributed by atoms with E-state index in [2.05, 4.69) is 10.1 Å². The number of nitrogens with two attached hydrogens (primary N) is 1. The summed E-state index contributed by atoms with van der Waals surface area (Å²) in [6.45, 7) is 4.65. The topological polar surface area (TPSA) is 65.4 Å². The van der Waals surface area contributed by atoms with Crippen molar-refractivity contribution in [1.29, 1.82) is 0 Å². The van der Waals surface area contributed by atoms with Crippen molar-refractivity contribution in [2.24, 2.45) is 0 Å². The highest BCUT2D eigenvalue weighted by Crippen LogP contribution is 2.26. The molecule has 6 heteroatoms. The van der Waals surface area contributed by atoms with Crippen LogP contribution in [0.25, 0.3) is 16.3 Å². The largest absolute Gasteiger partial charge is 0.494 e. The Labute approximate surface area is 114 Å². The van der Waals surface area contributed by atoms with Gasteiger partial charge in [0.1, 0.15) is 11.6 Å². The van der Waals surface area contributed by atoms with E-state index in [1.54, 1.807) is 4.52 Å². The fraction of sp³-hybridized carbons (Fsp3) is 0.231. The number of aryl methyl sites for hydroxylation is 1. The first kappa shape index (κ1) is 12.0. The third-order valence-corrected chi connectivity index (χ3v) is 3.67. The van der Waals surface area contributed by atoms with Crippen LogP contribution in [0.1, 0.15) is 12.5 Å². The Morgan fingerprint density at radius 2 is 2.26 bits per heavy atom. The Kier molecular flexibility index (Phi) is 2.87. The van der Waals surface area contributed by atoms with Crippen LogP contribution in [0.3, 0.4) is 0 Å². The number of benzene rings is 1. The summed E-state index contributed by atoms with van der Waals surface area (Å²) in [5, 5.41) is 6.25. The number of hydrogen-bond acceptors (Lipinski definition) is 5. The zero-order valence-corrected chi connectivity index (χ0v) is 11.6. The quantitative estimate of drug-likeness (QED) is 0.797. The van der Waals surface area contributed by atoms with E-state index in [4.69, 9.17) is 10.5 Å². The second-order valence-corrected chi connectivity index (χ2v) is 5.04. The lowest BCUT2D eigenvalue weighted by Gasteiger charge is -2.07. The summed E-state index contributed by atoms with van der Waals surface area (Å²) in [4.78, 5) is 5.27. The van der Waals surface area contributed by atoms with Crippen LogP contribution < -0.4 is 10.5 Å². The van der Waals surface area contributed by atoms with Crippen molar-refractivity contribution in [3.63, 3.8) is 0 Å². The van der Waals surface area contributed by atoms with E-state index in [-0.39, 0.29) is 0 Å². The molecule has 3 rings (SSSR count). The van der Waals surface area contributed by atoms with Crippen molar-refractivity contribution in [2.45, 2.75) is 13.8 Å². The molecule has 0 saturated carbocycles. The summed E-state index contributed by atoms with van der Waals surface area (Å²) in [7, 11) is 0. The number of thiazole rings is 1. The van der Waals surface area contributed by atoms with Gasteiger partial charge in [-0.3, -0.25) is 0 Å². The molecule has 0 fully saturated rings. The first-order valence-corrected chi connectivity index (χ1v) is 6.90. The van der Waals surface area contributed by atoms with Gasteiger partial charge in [0.15, 0.2) is 5.82 Å². The van der Waals surface area contributed by atoms with Crippen molar-refractivity contribution in [1.82, 2.24) is 14.6 Å². The summed E-state index contributed by atoms with van der Waals surface area (Å²) in [6.07, 6.45) is 0.